The number of nitrogens with one attached hydrogen (secondary N) is 2. The number of nitrogens with two attached hydrogens (primary N) is 1. The Balaban J connectivity index is 2.11. The van der Waals surface area contributed by atoms with Crippen LogP contribution in [0.1, 0.15) is 0 Å². The molecule has 1 amide bonds. The largest absolute Gasteiger partial charge is 0.354 e. The summed E-state index contributed by atoms with van der Waals surface area (Å²) in [4.78, 5) is 13.4. The Morgan fingerprint density at radius 1 is 1.46 bits per heavy atom. The van der Waals surface area contributed by atoms with Gasteiger partial charge in [0.15, 0.2) is 0 Å². The lowest BCUT2D eigenvalue weighted by Gasteiger charge is -2.26. The first-order valence-corrected chi connectivity index (χ1v) is 4.73. The van der Waals surface area contributed by atoms with Gasteiger partial charge in [0, 0.05) is 39.3 Å². The van der Waals surface area contributed by atoms with Crippen LogP contribution in [0.15, 0.2) is 0 Å². The highest BCUT2D eigenvalue weighted by atomic mass is 16.2. The van der Waals surface area contributed by atoms with E-state index in [-0.39, 0.29) is 5.91 Å². The molecule has 0 unspecified atom stereocenters. The zero-order valence-corrected chi connectivity index (χ0v) is 7.88. The van der Waals surface area contributed by atoms with Crippen LogP contribution >= 0.6 is 0 Å². The monoisotopic (exact) mass is 186 g/mol. The third-order valence-electron chi connectivity index (χ3n) is 2.04. The molecule has 5 nitrogen and oxygen atoms in total. The van der Waals surface area contributed by atoms with Gasteiger partial charge in [-0.2, -0.15) is 0 Å². The molecule has 0 spiro atoms. The van der Waals surface area contributed by atoms with Crippen LogP contribution in [0.4, 0.5) is 0 Å². The number of hydrogen-bond donors (Lipinski definition) is 3. The minimum absolute atomic E-state index is 0.0763. The lowest BCUT2D eigenvalue weighted by molar-refractivity contribution is -0.122. The topological polar surface area (TPSA) is 70.4 Å². The van der Waals surface area contributed by atoms with Gasteiger partial charge in [-0.1, -0.05) is 0 Å². The van der Waals surface area contributed by atoms with Crippen molar-refractivity contribution >= 4 is 5.91 Å². The second-order valence-electron chi connectivity index (χ2n) is 3.16. The quantitative estimate of drug-likeness (QED) is 0.473. The zero-order valence-electron chi connectivity index (χ0n) is 7.88. The van der Waals surface area contributed by atoms with Crippen LogP contribution in [-0.4, -0.2) is 56.6 Å². The molecule has 0 bridgehead atoms. The Morgan fingerprint density at radius 3 is 2.77 bits per heavy atom. The van der Waals surface area contributed by atoms with Crippen molar-refractivity contribution in [3.05, 3.63) is 0 Å². The van der Waals surface area contributed by atoms with Crippen molar-refractivity contribution in [1.82, 2.24) is 15.5 Å². The fourth-order valence-corrected chi connectivity index (χ4v) is 1.34. The molecule has 1 aliphatic heterocycles. The standard InChI is InChI=1S/C8H18N4O/c9-1-2-11-8(13)7-12-5-3-10-4-6-12/h10H,1-7,9H2,(H,11,13). The Bertz CT molecular complexity index is 156. The van der Waals surface area contributed by atoms with Crippen molar-refractivity contribution in [2.75, 3.05) is 45.8 Å². The van der Waals surface area contributed by atoms with Crippen LogP contribution in [0.3, 0.4) is 0 Å². The normalized spacial score (nSPS) is 18.5. The fourth-order valence-electron chi connectivity index (χ4n) is 1.34. The van der Waals surface area contributed by atoms with Crippen molar-refractivity contribution in [2.24, 2.45) is 5.73 Å². The van der Waals surface area contributed by atoms with Gasteiger partial charge >= 0.3 is 0 Å². The Hall–Kier alpha value is -0.650. The van der Waals surface area contributed by atoms with Gasteiger partial charge in [0.05, 0.1) is 6.54 Å². The summed E-state index contributed by atoms with van der Waals surface area (Å²) in [5.41, 5.74) is 5.27. The van der Waals surface area contributed by atoms with Gasteiger partial charge in [-0.15, -0.1) is 0 Å². The Kier molecular flexibility index (Phi) is 4.74. The second-order valence-corrected chi connectivity index (χ2v) is 3.16. The van der Waals surface area contributed by atoms with Crippen molar-refractivity contribution in [1.29, 1.82) is 0 Å². The number of carbonyl (C=O) groups is 1. The highest BCUT2D eigenvalue weighted by Crippen LogP contribution is 1.90. The van der Waals surface area contributed by atoms with E-state index in [0.29, 0.717) is 19.6 Å². The molecular formula is C8H18N4O. The average Bonchev–Trinajstić information content (AvgIpc) is 2.16. The van der Waals surface area contributed by atoms with E-state index in [2.05, 4.69) is 15.5 Å². The maximum absolute atomic E-state index is 11.2. The SMILES string of the molecule is NCCNC(=O)CN1CCNCC1. The third kappa shape index (κ3) is 4.21. The predicted molar refractivity (Wildman–Crippen MR) is 51.4 cm³/mol. The zero-order chi connectivity index (χ0) is 9.52. The minimum Gasteiger partial charge on any atom is -0.354 e. The summed E-state index contributed by atoms with van der Waals surface area (Å²) in [7, 11) is 0. The highest BCUT2D eigenvalue weighted by Gasteiger charge is 2.12. The summed E-state index contributed by atoms with van der Waals surface area (Å²) >= 11 is 0. The number of carbonyl (C=O) groups excluding carboxylic acids is 1. The first-order valence-electron chi connectivity index (χ1n) is 4.73. The summed E-state index contributed by atoms with van der Waals surface area (Å²) < 4.78 is 0. The number of piperazine rings is 1. The van der Waals surface area contributed by atoms with Crippen LogP contribution < -0.4 is 16.4 Å². The molecule has 0 aromatic rings. The van der Waals surface area contributed by atoms with Crippen LogP contribution in [0.25, 0.3) is 0 Å². The van der Waals surface area contributed by atoms with E-state index in [1.54, 1.807) is 0 Å². The number of amides is 1. The van der Waals surface area contributed by atoms with Crippen molar-refractivity contribution in [3.63, 3.8) is 0 Å². The molecule has 13 heavy (non-hydrogen) atoms. The smallest absolute Gasteiger partial charge is 0.234 e. The van der Waals surface area contributed by atoms with Gasteiger partial charge < -0.3 is 16.4 Å². The molecule has 1 fully saturated rings. The number of hydrogen-bond acceptors (Lipinski definition) is 4. The molecular weight excluding hydrogens is 168 g/mol. The van der Waals surface area contributed by atoms with E-state index >= 15 is 0 Å². The molecule has 0 atom stereocenters. The molecule has 1 heterocycles. The van der Waals surface area contributed by atoms with Crippen molar-refractivity contribution < 1.29 is 4.79 Å². The molecule has 0 saturated carbocycles. The van der Waals surface area contributed by atoms with Gasteiger partial charge in [0.2, 0.25) is 5.91 Å². The molecule has 76 valence electrons. The molecule has 0 aromatic heterocycles. The van der Waals surface area contributed by atoms with Crippen LogP contribution in [-0.2, 0) is 4.79 Å². The maximum atomic E-state index is 11.2. The van der Waals surface area contributed by atoms with Crippen LogP contribution in [0.2, 0.25) is 0 Å². The van der Waals surface area contributed by atoms with Crippen molar-refractivity contribution in [2.45, 2.75) is 0 Å². The lowest BCUT2D eigenvalue weighted by Crippen LogP contribution is -2.48. The van der Waals surface area contributed by atoms with Gasteiger partial charge in [-0.05, 0) is 0 Å². The third-order valence-corrected chi connectivity index (χ3v) is 2.04. The first-order chi connectivity index (χ1) is 6.33. The molecule has 1 saturated heterocycles. The molecule has 1 rings (SSSR count). The summed E-state index contributed by atoms with van der Waals surface area (Å²) in [5, 5.41) is 5.99. The van der Waals surface area contributed by atoms with E-state index in [0.717, 1.165) is 26.2 Å². The summed E-state index contributed by atoms with van der Waals surface area (Å²) in [6, 6.07) is 0. The molecule has 0 aliphatic carbocycles. The molecule has 4 N–H and O–H groups in total. The summed E-state index contributed by atoms with van der Waals surface area (Å²) in [5.74, 6) is 0.0763. The maximum Gasteiger partial charge on any atom is 0.234 e. The van der Waals surface area contributed by atoms with E-state index in [1.165, 1.54) is 0 Å². The second kappa shape index (κ2) is 5.90. The van der Waals surface area contributed by atoms with Crippen molar-refractivity contribution in [3.8, 4) is 0 Å². The fraction of sp³-hybridized carbons (Fsp3) is 0.875. The van der Waals surface area contributed by atoms with E-state index in [4.69, 9.17) is 5.73 Å². The summed E-state index contributed by atoms with van der Waals surface area (Å²) in [6.07, 6.45) is 0. The van der Waals surface area contributed by atoms with Gasteiger partial charge in [0.1, 0.15) is 0 Å². The Labute approximate surface area is 78.6 Å². The minimum atomic E-state index is 0.0763. The predicted octanol–water partition coefficient (Wildman–Crippen LogP) is -2.03. The highest BCUT2D eigenvalue weighted by molar-refractivity contribution is 5.77. The van der Waals surface area contributed by atoms with Gasteiger partial charge in [-0.3, -0.25) is 9.69 Å². The van der Waals surface area contributed by atoms with Crippen LogP contribution in [0, 0.1) is 0 Å². The Morgan fingerprint density at radius 2 is 2.15 bits per heavy atom. The summed E-state index contributed by atoms with van der Waals surface area (Å²) in [6.45, 7) is 5.44. The van der Waals surface area contributed by atoms with Crippen LogP contribution in [0.5, 0.6) is 0 Å². The molecule has 5 heteroatoms. The average molecular weight is 186 g/mol. The first kappa shape index (κ1) is 10.4. The van der Waals surface area contributed by atoms with Gasteiger partial charge in [-0.25, -0.2) is 0 Å². The molecule has 0 aromatic carbocycles. The molecule has 1 aliphatic rings. The van der Waals surface area contributed by atoms with Gasteiger partial charge in [0.25, 0.3) is 0 Å². The lowest BCUT2D eigenvalue weighted by atomic mass is 10.3. The van der Waals surface area contributed by atoms with E-state index < -0.39 is 0 Å². The van der Waals surface area contributed by atoms with E-state index in [9.17, 15) is 4.79 Å². The van der Waals surface area contributed by atoms with E-state index in [1.807, 2.05) is 0 Å². The number of nitrogens with zero attached hydrogens (tertiary/aromatic N) is 1. The number of rotatable bonds is 4. The molecule has 0 radical (unpaired) electrons.